The molecule has 10 nitrogen and oxygen atoms in total. The maximum atomic E-state index is 13.5. The van der Waals surface area contributed by atoms with Crippen LogP contribution in [0.5, 0.6) is 5.75 Å². The smallest absolute Gasteiger partial charge is 0.416 e. The average Bonchev–Trinajstić information content (AvgIpc) is 2.99. The molecule has 0 atom stereocenters. The first-order chi connectivity index (χ1) is 20.5. The summed E-state index contributed by atoms with van der Waals surface area (Å²) in [6.45, 7) is -0.168. The lowest BCUT2D eigenvalue weighted by molar-refractivity contribution is -0.386. The van der Waals surface area contributed by atoms with Crippen LogP contribution in [-0.4, -0.2) is 31.9 Å². The zero-order chi connectivity index (χ0) is 30.7. The van der Waals surface area contributed by atoms with E-state index in [0.717, 1.165) is 23.0 Å². The van der Waals surface area contributed by atoms with E-state index < -0.39 is 33.9 Å². The fourth-order valence-electron chi connectivity index (χ4n) is 4.22. The predicted molar refractivity (Wildman–Crippen MR) is 150 cm³/mol. The van der Waals surface area contributed by atoms with Crippen LogP contribution >= 0.6 is 0 Å². The Morgan fingerprint density at radius 1 is 1.02 bits per heavy atom. The molecule has 1 aromatic heterocycles. The summed E-state index contributed by atoms with van der Waals surface area (Å²) in [7, 11) is 0. The van der Waals surface area contributed by atoms with Crippen molar-refractivity contribution in [3.63, 3.8) is 0 Å². The highest BCUT2D eigenvalue weighted by atomic mass is 19.4. The van der Waals surface area contributed by atoms with E-state index in [9.17, 15) is 32.9 Å². The van der Waals surface area contributed by atoms with Crippen molar-refractivity contribution in [2.45, 2.75) is 12.8 Å². The lowest BCUT2D eigenvalue weighted by Gasteiger charge is -2.12. The van der Waals surface area contributed by atoms with Crippen molar-refractivity contribution in [1.29, 1.82) is 0 Å². The Morgan fingerprint density at radius 3 is 2.44 bits per heavy atom. The third kappa shape index (κ3) is 6.10. The average molecular weight is 588 g/mol. The predicted octanol–water partition coefficient (Wildman–Crippen LogP) is 6.15. The summed E-state index contributed by atoms with van der Waals surface area (Å²) < 4.78 is 47.0. The monoisotopic (exact) mass is 588 g/mol. The van der Waals surface area contributed by atoms with Gasteiger partial charge in [-0.05, 0) is 48.0 Å². The fourth-order valence-corrected chi connectivity index (χ4v) is 4.22. The number of carbonyl (C=O) groups is 1. The second-order valence-electron chi connectivity index (χ2n) is 9.14. The Labute approximate surface area is 240 Å². The summed E-state index contributed by atoms with van der Waals surface area (Å²) in [6.07, 6.45) is -3.53. The number of nitro benzene ring substituents is 1. The van der Waals surface area contributed by atoms with Crippen LogP contribution in [0.3, 0.4) is 0 Å². The van der Waals surface area contributed by atoms with Crippen LogP contribution in [0.4, 0.5) is 18.9 Å². The molecule has 0 bridgehead atoms. The number of hydrogen-bond acceptors (Lipinski definition) is 7. The summed E-state index contributed by atoms with van der Waals surface area (Å²) in [5.74, 6) is -1.49. The normalized spacial score (nSPS) is 11.6. The first-order valence-corrected chi connectivity index (χ1v) is 12.5. The van der Waals surface area contributed by atoms with Gasteiger partial charge in [-0.15, -0.1) is 0 Å². The van der Waals surface area contributed by atoms with Crippen LogP contribution in [0.2, 0.25) is 0 Å². The highest BCUT2D eigenvalue weighted by molar-refractivity contribution is 5.88. The Morgan fingerprint density at radius 2 is 1.74 bits per heavy atom. The maximum absolute atomic E-state index is 13.5. The summed E-state index contributed by atoms with van der Waals surface area (Å²) in [5, 5.41) is 25.2. The van der Waals surface area contributed by atoms with E-state index >= 15 is 0 Å². The molecule has 0 saturated heterocycles. The molecule has 0 aliphatic heterocycles. The van der Waals surface area contributed by atoms with Crippen molar-refractivity contribution < 1.29 is 32.7 Å². The largest absolute Gasteiger partial charge is 0.481 e. The number of ether oxygens (including phenoxy) is 1. The van der Waals surface area contributed by atoms with E-state index in [1.165, 1.54) is 66.7 Å². The number of rotatable bonds is 8. The van der Waals surface area contributed by atoms with Gasteiger partial charge in [0.1, 0.15) is 6.61 Å². The van der Waals surface area contributed by atoms with Gasteiger partial charge in [-0.2, -0.15) is 22.9 Å². The molecule has 4 aromatic carbocycles. The molecule has 0 spiro atoms. The Bertz CT molecular complexity index is 1950. The second-order valence-corrected chi connectivity index (χ2v) is 9.14. The van der Waals surface area contributed by atoms with Gasteiger partial charge < -0.3 is 9.84 Å². The minimum absolute atomic E-state index is 0.0323. The van der Waals surface area contributed by atoms with Crippen molar-refractivity contribution >= 4 is 28.8 Å². The van der Waals surface area contributed by atoms with Gasteiger partial charge in [0.25, 0.3) is 5.56 Å². The quantitative estimate of drug-likeness (QED) is 0.130. The number of aromatic nitrogens is 2. The van der Waals surface area contributed by atoms with Crippen LogP contribution in [0, 0.1) is 10.1 Å². The van der Waals surface area contributed by atoms with Crippen LogP contribution in [0.15, 0.2) is 101 Å². The van der Waals surface area contributed by atoms with Crippen molar-refractivity contribution in [2.75, 3.05) is 0 Å². The molecule has 1 N–H and O–H groups in total. The minimum Gasteiger partial charge on any atom is -0.481 e. The molecule has 0 amide bonds. The standard InChI is InChI=1S/C30H19F3N4O6/c31-30(32,33)22-7-3-5-20(15-22)27-35-24-9-2-1-8-23(24)28(38)36(27)34-16-21-6-4-10-25(37(41)42)26(21)43-17-18-11-13-19(14-12-18)29(39)40/h1-16H,17H2,(H,39,40). The number of carboxylic acid groups (broad SMARTS) is 1. The number of para-hydroxylation sites is 2. The lowest BCUT2D eigenvalue weighted by atomic mass is 10.1. The van der Waals surface area contributed by atoms with Gasteiger partial charge in [-0.1, -0.05) is 42.5 Å². The van der Waals surface area contributed by atoms with Crippen LogP contribution in [0.25, 0.3) is 22.3 Å². The van der Waals surface area contributed by atoms with Gasteiger partial charge >= 0.3 is 17.8 Å². The number of alkyl halides is 3. The molecule has 1 heterocycles. The number of nitrogens with zero attached hydrogens (tertiary/aromatic N) is 4. The summed E-state index contributed by atoms with van der Waals surface area (Å²) in [4.78, 5) is 40.1. The Balaban J connectivity index is 1.60. The minimum atomic E-state index is -4.65. The van der Waals surface area contributed by atoms with Gasteiger partial charge in [-0.25, -0.2) is 9.78 Å². The molecule has 5 rings (SSSR count). The van der Waals surface area contributed by atoms with Gasteiger partial charge in [0, 0.05) is 17.2 Å². The van der Waals surface area contributed by atoms with Crippen molar-refractivity contribution in [2.24, 2.45) is 5.10 Å². The highest BCUT2D eigenvalue weighted by Gasteiger charge is 2.31. The SMILES string of the molecule is O=C(O)c1ccc(COc2c(C=Nn3c(-c4cccc(C(F)(F)F)c4)nc4ccccc4c3=O)cccc2[N+](=O)[O-])cc1. The molecule has 0 aliphatic rings. The Hall–Kier alpha value is -5.85. The van der Waals surface area contributed by atoms with Crippen LogP contribution < -0.4 is 10.3 Å². The highest BCUT2D eigenvalue weighted by Crippen LogP contribution is 2.33. The lowest BCUT2D eigenvalue weighted by Crippen LogP contribution is -2.20. The Kier molecular flexibility index (Phi) is 7.71. The number of benzene rings is 4. The first kappa shape index (κ1) is 28.7. The second kappa shape index (κ2) is 11.6. The molecular formula is C30H19F3N4O6. The summed E-state index contributed by atoms with van der Waals surface area (Å²) >= 11 is 0. The molecule has 5 aromatic rings. The number of aromatic carboxylic acids is 1. The number of fused-ring (bicyclic) bond motifs is 1. The molecule has 0 fully saturated rings. The number of hydrogen-bond donors (Lipinski definition) is 1. The van der Waals surface area contributed by atoms with E-state index in [0.29, 0.717) is 5.56 Å². The van der Waals surface area contributed by atoms with Crippen molar-refractivity contribution in [3.8, 4) is 17.1 Å². The van der Waals surface area contributed by atoms with E-state index in [4.69, 9.17) is 9.84 Å². The van der Waals surface area contributed by atoms with Gasteiger partial charge in [-0.3, -0.25) is 14.9 Å². The van der Waals surface area contributed by atoms with Crippen molar-refractivity contribution in [3.05, 3.63) is 134 Å². The van der Waals surface area contributed by atoms with E-state index in [2.05, 4.69) is 10.1 Å². The van der Waals surface area contributed by atoms with Crippen LogP contribution in [0.1, 0.15) is 27.0 Å². The summed E-state index contributed by atoms with van der Waals surface area (Å²) in [6, 6.07) is 20.3. The molecule has 0 unspecified atom stereocenters. The maximum Gasteiger partial charge on any atom is 0.416 e. The molecule has 13 heteroatoms. The topological polar surface area (TPSA) is 137 Å². The third-order valence-corrected chi connectivity index (χ3v) is 6.32. The molecule has 216 valence electrons. The zero-order valence-electron chi connectivity index (χ0n) is 21.9. The number of nitro groups is 1. The van der Waals surface area contributed by atoms with E-state index in [1.807, 2.05) is 0 Å². The first-order valence-electron chi connectivity index (χ1n) is 12.5. The molecular weight excluding hydrogens is 569 g/mol. The van der Waals surface area contributed by atoms with E-state index in [1.54, 1.807) is 12.1 Å². The van der Waals surface area contributed by atoms with Gasteiger partial charge in [0.05, 0.1) is 33.2 Å². The third-order valence-electron chi connectivity index (χ3n) is 6.32. The van der Waals surface area contributed by atoms with Gasteiger partial charge in [0.15, 0.2) is 5.82 Å². The van der Waals surface area contributed by atoms with Crippen molar-refractivity contribution in [1.82, 2.24) is 9.66 Å². The van der Waals surface area contributed by atoms with E-state index in [-0.39, 0.29) is 45.8 Å². The van der Waals surface area contributed by atoms with Gasteiger partial charge in [0.2, 0.25) is 5.75 Å². The summed E-state index contributed by atoms with van der Waals surface area (Å²) in [5.41, 5.74) is -1.18. The molecule has 43 heavy (non-hydrogen) atoms. The zero-order valence-corrected chi connectivity index (χ0v) is 21.9. The fraction of sp³-hybridized carbons (Fsp3) is 0.0667. The molecule has 0 aliphatic carbocycles. The number of carboxylic acids is 1. The van der Waals surface area contributed by atoms with Crippen LogP contribution in [-0.2, 0) is 12.8 Å². The number of halogens is 3. The molecule has 0 saturated carbocycles. The molecule has 0 radical (unpaired) electrons.